The van der Waals surface area contributed by atoms with Gasteiger partial charge in [0.2, 0.25) is 0 Å². The zero-order valence-electron chi connectivity index (χ0n) is 13.3. The number of ether oxygens (including phenoxy) is 1. The monoisotopic (exact) mass is 331 g/mol. The van der Waals surface area contributed by atoms with E-state index in [1.54, 1.807) is 0 Å². The van der Waals surface area contributed by atoms with E-state index >= 15 is 0 Å². The molecule has 2 aliphatic heterocycles. The second kappa shape index (κ2) is 9.16. The van der Waals surface area contributed by atoms with E-state index in [1.165, 1.54) is 18.6 Å². The van der Waals surface area contributed by atoms with Crippen molar-refractivity contribution in [2.45, 2.75) is 42.6 Å². The summed E-state index contributed by atoms with van der Waals surface area (Å²) in [5.74, 6) is 2.29. The Morgan fingerprint density at radius 1 is 1.38 bits per heavy atom. The molecule has 0 bridgehead atoms. The quantitative estimate of drug-likeness (QED) is 0.578. The predicted octanol–water partition coefficient (Wildman–Crippen LogP) is 2.35. The molecule has 6 heteroatoms. The van der Waals surface area contributed by atoms with Gasteiger partial charge in [0.15, 0.2) is 5.96 Å². The number of hydrogen-bond acceptors (Lipinski definition) is 4. The fourth-order valence-corrected chi connectivity index (χ4v) is 4.72. The molecule has 2 saturated heterocycles. The molecule has 0 spiro atoms. The Labute approximate surface area is 137 Å². The summed E-state index contributed by atoms with van der Waals surface area (Å²) in [4.78, 5) is 4.85. The molecule has 2 heterocycles. The molecule has 0 saturated carbocycles. The maximum Gasteiger partial charge on any atom is 0.191 e. The number of hydrogen-bond donors (Lipinski definition) is 2. The van der Waals surface area contributed by atoms with Crippen molar-refractivity contribution in [3.8, 4) is 0 Å². The van der Waals surface area contributed by atoms with Gasteiger partial charge in [0.05, 0.1) is 6.54 Å². The fraction of sp³-hybridized carbons (Fsp3) is 0.933. The topological polar surface area (TPSA) is 45.7 Å². The minimum Gasteiger partial charge on any atom is -0.381 e. The van der Waals surface area contributed by atoms with Crippen LogP contribution in [0.25, 0.3) is 0 Å². The van der Waals surface area contributed by atoms with E-state index in [9.17, 15) is 0 Å². The molecule has 0 aliphatic carbocycles. The van der Waals surface area contributed by atoms with E-state index in [4.69, 9.17) is 9.73 Å². The Balaban J connectivity index is 1.85. The fourth-order valence-electron chi connectivity index (χ4n) is 2.75. The molecular formula is C15H29N3OS2. The minimum absolute atomic E-state index is 0.267. The first kappa shape index (κ1) is 17.3. The average Bonchev–Trinajstić information content (AvgIpc) is 3.04. The Bertz CT molecular complexity index is 327. The Kier molecular flexibility index (Phi) is 7.54. The third kappa shape index (κ3) is 5.57. The second-order valence-corrected chi connectivity index (χ2v) is 8.39. The highest BCUT2D eigenvalue weighted by atomic mass is 32.2. The van der Waals surface area contributed by atoms with Gasteiger partial charge in [0.25, 0.3) is 0 Å². The summed E-state index contributed by atoms with van der Waals surface area (Å²) in [6, 6.07) is 0. The summed E-state index contributed by atoms with van der Waals surface area (Å²) in [7, 11) is 0. The zero-order chi connectivity index (χ0) is 15.0. The first-order chi connectivity index (χ1) is 10.3. The number of thioether (sulfide) groups is 2. The van der Waals surface area contributed by atoms with Crippen LogP contribution in [-0.2, 0) is 4.74 Å². The van der Waals surface area contributed by atoms with Gasteiger partial charge in [-0.05, 0) is 44.6 Å². The summed E-state index contributed by atoms with van der Waals surface area (Å²) in [6.45, 7) is 6.70. The molecule has 0 aromatic carbocycles. The molecule has 2 N–H and O–H groups in total. The lowest BCUT2D eigenvalue weighted by atomic mass is 9.99. The highest BCUT2D eigenvalue weighted by Gasteiger charge is 2.31. The molecular weight excluding hydrogens is 302 g/mol. The Morgan fingerprint density at radius 2 is 2.19 bits per heavy atom. The molecule has 1 atom stereocenters. The largest absolute Gasteiger partial charge is 0.381 e. The van der Waals surface area contributed by atoms with E-state index in [2.05, 4.69) is 35.6 Å². The maximum absolute atomic E-state index is 5.50. The van der Waals surface area contributed by atoms with E-state index in [0.29, 0.717) is 0 Å². The van der Waals surface area contributed by atoms with Crippen LogP contribution in [0, 0.1) is 0 Å². The van der Waals surface area contributed by atoms with Gasteiger partial charge in [-0.2, -0.15) is 23.5 Å². The molecule has 4 nitrogen and oxygen atoms in total. The van der Waals surface area contributed by atoms with Gasteiger partial charge in [0, 0.05) is 36.3 Å². The second-order valence-electron chi connectivity index (χ2n) is 5.71. The molecule has 0 radical (unpaired) electrons. The van der Waals surface area contributed by atoms with Crippen molar-refractivity contribution < 1.29 is 4.74 Å². The van der Waals surface area contributed by atoms with Crippen molar-refractivity contribution in [1.82, 2.24) is 10.6 Å². The number of guanidine groups is 1. The number of nitrogens with one attached hydrogen (secondary N) is 2. The van der Waals surface area contributed by atoms with Crippen molar-refractivity contribution in [3.05, 3.63) is 0 Å². The van der Waals surface area contributed by atoms with Crippen LogP contribution in [0.1, 0.15) is 32.6 Å². The van der Waals surface area contributed by atoms with Gasteiger partial charge in [-0.25, -0.2) is 0 Å². The van der Waals surface area contributed by atoms with Gasteiger partial charge in [-0.1, -0.05) is 0 Å². The molecule has 0 aromatic rings. The zero-order valence-corrected chi connectivity index (χ0v) is 15.0. The summed E-state index contributed by atoms with van der Waals surface area (Å²) in [5.41, 5.74) is 0. The minimum atomic E-state index is 0.267. The number of rotatable bonds is 6. The van der Waals surface area contributed by atoms with Crippen molar-refractivity contribution in [3.63, 3.8) is 0 Å². The van der Waals surface area contributed by atoms with E-state index < -0.39 is 0 Å². The van der Waals surface area contributed by atoms with Crippen LogP contribution < -0.4 is 10.6 Å². The Hall–Kier alpha value is -0.0700. The van der Waals surface area contributed by atoms with E-state index in [0.717, 1.165) is 56.9 Å². The summed E-state index contributed by atoms with van der Waals surface area (Å²) < 4.78 is 5.77. The van der Waals surface area contributed by atoms with E-state index in [1.807, 2.05) is 11.8 Å². The van der Waals surface area contributed by atoms with Crippen molar-refractivity contribution in [2.75, 3.05) is 44.9 Å². The molecule has 0 amide bonds. The third-order valence-corrected chi connectivity index (χ3v) is 7.03. The molecule has 1 unspecified atom stereocenters. The lowest BCUT2D eigenvalue weighted by Gasteiger charge is -2.34. The standard InChI is InChI=1S/C15H29N3OS2/c1-3-16-14(17-11-13-5-4-10-21-13)18-12-15(20-2)6-8-19-9-7-15/h13H,3-12H2,1-2H3,(H2,16,17,18). The van der Waals surface area contributed by atoms with Gasteiger partial charge in [-0.15, -0.1) is 0 Å². The summed E-state index contributed by atoms with van der Waals surface area (Å²) >= 11 is 4.04. The van der Waals surface area contributed by atoms with Gasteiger partial charge < -0.3 is 15.4 Å². The average molecular weight is 332 g/mol. The SMILES string of the molecule is CCNC(=NCC1(SC)CCOCC1)NCC1CCCS1. The van der Waals surface area contributed by atoms with Gasteiger partial charge in [0.1, 0.15) is 0 Å². The molecule has 21 heavy (non-hydrogen) atoms. The molecule has 2 aliphatic rings. The highest BCUT2D eigenvalue weighted by molar-refractivity contribution is 8.00. The van der Waals surface area contributed by atoms with Crippen molar-refractivity contribution in [2.24, 2.45) is 4.99 Å². The van der Waals surface area contributed by atoms with Crippen molar-refractivity contribution >= 4 is 29.5 Å². The normalized spacial score (nSPS) is 25.8. The molecule has 2 fully saturated rings. The van der Waals surface area contributed by atoms with E-state index in [-0.39, 0.29) is 4.75 Å². The molecule has 122 valence electrons. The number of nitrogens with zero attached hydrogens (tertiary/aromatic N) is 1. The first-order valence-corrected chi connectivity index (χ1v) is 10.3. The highest BCUT2D eigenvalue weighted by Crippen LogP contribution is 2.34. The lowest BCUT2D eigenvalue weighted by Crippen LogP contribution is -2.42. The van der Waals surface area contributed by atoms with Crippen LogP contribution >= 0.6 is 23.5 Å². The van der Waals surface area contributed by atoms with Crippen LogP contribution in [0.15, 0.2) is 4.99 Å². The lowest BCUT2D eigenvalue weighted by molar-refractivity contribution is 0.0794. The van der Waals surface area contributed by atoms with Crippen LogP contribution in [0.3, 0.4) is 0 Å². The van der Waals surface area contributed by atoms with Crippen LogP contribution in [-0.4, -0.2) is 60.8 Å². The van der Waals surface area contributed by atoms with Crippen LogP contribution in [0.2, 0.25) is 0 Å². The summed E-state index contributed by atoms with van der Waals surface area (Å²) in [5, 5.41) is 7.65. The van der Waals surface area contributed by atoms with Crippen LogP contribution in [0.4, 0.5) is 0 Å². The third-order valence-electron chi connectivity index (χ3n) is 4.23. The number of aliphatic imine (C=N–C) groups is 1. The first-order valence-electron chi connectivity index (χ1n) is 8.05. The molecule has 0 aromatic heterocycles. The summed E-state index contributed by atoms with van der Waals surface area (Å²) in [6.07, 6.45) is 7.12. The Morgan fingerprint density at radius 3 is 2.81 bits per heavy atom. The smallest absolute Gasteiger partial charge is 0.191 e. The maximum atomic E-state index is 5.50. The van der Waals surface area contributed by atoms with Crippen molar-refractivity contribution in [1.29, 1.82) is 0 Å². The molecule has 2 rings (SSSR count). The predicted molar refractivity (Wildman–Crippen MR) is 95.8 cm³/mol. The van der Waals surface area contributed by atoms with Gasteiger partial charge in [-0.3, -0.25) is 4.99 Å². The van der Waals surface area contributed by atoms with Gasteiger partial charge >= 0.3 is 0 Å². The van der Waals surface area contributed by atoms with Crippen LogP contribution in [0.5, 0.6) is 0 Å².